The molecule has 0 saturated carbocycles. The number of aromatic nitrogens is 1. The van der Waals surface area contributed by atoms with E-state index in [-0.39, 0.29) is 11.7 Å². The fraction of sp³-hybridized carbons (Fsp3) is 0.545. The maximum absolute atomic E-state index is 10.8. The average Bonchev–Trinajstić information content (AvgIpc) is 2.83. The third kappa shape index (κ3) is 2.71. The zero-order chi connectivity index (χ0) is 12.3. The summed E-state index contributed by atoms with van der Waals surface area (Å²) in [5.41, 5.74) is 0.0123. The van der Waals surface area contributed by atoms with Crippen LogP contribution in [0.5, 0.6) is 0 Å². The van der Waals surface area contributed by atoms with Crippen LogP contribution in [-0.4, -0.2) is 29.2 Å². The van der Waals surface area contributed by atoms with E-state index in [0.29, 0.717) is 18.3 Å². The van der Waals surface area contributed by atoms with Gasteiger partial charge in [-0.25, -0.2) is 4.98 Å². The maximum Gasteiger partial charge on any atom is 0.311 e. The van der Waals surface area contributed by atoms with Crippen LogP contribution in [0.2, 0.25) is 0 Å². The normalized spacial score (nSPS) is 21.1. The molecule has 0 spiro atoms. The Bertz CT molecular complexity index is 405. The minimum atomic E-state index is -0.423. The lowest BCUT2D eigenvalue weighted by atomic mass is 10.0. The predicted molar refractivity (Wildman–Crippen MR) is 62.9 cm³/mol. The van der Waals surface area contributed by atoms with Crippen LogP contribution in [0.1, 0.15) is 13.3 Å². The molecule has 6 nitrogen and oxygen atoms in total. The first-order valence-electron chi connectivity index (χ1n) is 5.62. The van der Waals surface area contributed by atoms with E-state index in [4.69, 9.17) is 4.74 Å². The Balaban J connectivity index is 2.09. The third-order valence-electron chi connectivity index (χ3n) is 3.02. The average molecular weight is 237 g/mol. The molecule has 2 rings (SSSR count). The monoisotopic (exact) mass is 237 g/mol. The lowest BCUT2D eigenvalue weighted by Gasteiger charge is -2.19. The first-order chi connectivity index (χ1) is 8.18. The van der Waals surface area contributed by atoms with Crippen LogP contribution in [0.4, 0.5) is 11.5 Å². The quantitative estimate of drug-likeness (QED) is 0.638. The van der Waals surface area contributed by atoms with Gasteiger partial charge in [-0.3, -0.25) is 10.1 Å². The Kier molecular flexibility index (Phi) is 3.53. The summed E-state index contributed by atoms with van der Waals surface area (Å²) in [4.78, 5) is 14.4. The lowest BCUT2D eigenvalue weighted by molar-refractivity contribution is -0.384. The second-order valence-electron chi connectivity index (χ2n) is 4.18. The molecule has 17 heavy (non-hydrogen) atoms. The van der Waals surface area contributed by atoms with E-state index in [9.17, 15) is 10.1 Å². The molecule has 6 heteroatoms. The second kappa shape index (κ2) is 5.09. The highest BCUT2D eigenvalue weighted by atomic mass is 16.6. The van der Waals surface area contributed by atoms with Crippen LogP contribution in [0.3, 0.4) is 0 Å². The number of nitrogens with zero attached hydrogens (tertiary/aromatic N) is 2. The van der Waals surface area contributed by atoms with Crippen molar-refractivity contribution >= 4 is 11.5 Å². The Labute approximate surface area is 99.2 Å². The molecule has 1 aromatic heterocycles. The van der Waals surface area contributed by atoms with Crippen molar-refractivity contribution in [2.45, 2.75) is 19.4 Å². The van der Waals surface area contributed by atoms with E-state index in [2.05, 4.69) is 10.3 Å². The largest absolute Gasteiger partial charge is 0.381 e. The zero-order valence-electron chi connectivity index (χ0n) is 9.63. The maximum atomic E-state index is 10.8. The molecule has 0 aliphatic carbocycles. The first-order valence-corrected chi connectivity index (χ1v) is 5.62. The molecule has 0 amide bonds. The molecule has 0 bridgehead atoms. The number of anilines is 1. The van der Waals surface area contributed by atoms with Crippen molar-refractivity contribution in [3.8, 4) is 0 Å². The number of hydrogen-bond donors (Lipinski definition) is 1. The summed E-state index contributed by atoms with van der Waals surface area (Å²) in [5.74, 6) is 0.716. The van der Waals surface area contributed by atoms with Crippen molar-refractivity contribution < 1.29 is 9.66 Å². The van der Waals surface area contributed by atoms with Gasteiger partial charge in [-0.1, -0.05) is 0 Å². The van der Waals surface area contributed by atoms with Crippen molar-refractivity contribution in [3.63, 3.8) is 0 Å². The predicted octanol–water partition coefficient (Wildman–Crippen LogP) is 1.83. The highest BCUT2D eigenvalue weighted by Gasteiger charge is 2.24. The number of nitro groups is 1. The van der Waals surface area contributed by atoms with Crippen molar-refractivity contribution in [1.82, 2.24) is 4.98 Å². The molecule has 1 aliphatic rings. The van der Waals surface area contributed by atoms with Gasteiger partial charge in [0.25, 0.3) is 0 Å². The fourth-order valence-corrected chi connectivity index (χ4v) is 1.94. The van der Waals surface area contributed by atoms with E-state index in [1.165, 1.54) is 6.07 Å². The molecule has 1 aromatic rings. The molecular formula is C11H15N3O3. The fourth-order valence-electron chi connectivity index (χ4n) is 1.94. The van der Waals surface area contributed by atoms with Gasteiger partial charge in [0, 0.05) is 30.8 Å². The molecule has 2 unspecified atom stereocenters. The minimum Gasteiger partial charge on any atom is -0.381 e. The standard InChI is InChI=1S/C11H15N3O3/c1-8(9-4-6-17-7-9)13-11-10(14(15)16)3-2-5-12-11/h2-3,5,8-9H,4,6-7H2,1H3,(H,12,13). The first kappa shape index (κ1) is 11.8. The highest BCUT2D eigenvalue weighted by molar-refractivity contribution is 5.55. The van der Waals surface area contributed by atoms with Crippen molar-refractivity contribution in [2.24, 2.45) is 5.92 Å². The lowest BCUT2D eigenvalue weighted by Crippen LogP contribution is -2.26. The third-order valence-corrected chi connectivity index (χ3v) is 3.02. The molecule has 1 N–H and O–H groups in total. The Morgan fingerprint density at radius 2 is 2.53 bits per heavy atom. The summed E-state index contributed by atoms with van der Waals surface area (Å²) < 4.78 is 5.30. The van der Waals surface area contributed by atoms with Gasteiger partial charge >= 0.3 is 5.69 Å². The smallest absolute Gasteiger partial charge is 0.311 e. The van der Waals surface area contributed by atoms with Crippen molar-refractivity contribution in [1.29, 1.82) is 0 Å². The Morgan fingerprint density at radius 1 is 1.71 bits per heavy atom. The van der Waals surface area contributed by atoms with Gasteiger partial charge < -0.3 is 10.1 Å². The molecule has 2 atom stereocenters. The Hall–Kier alpha value is -1.69. The van der Waals surface area contributed by atoms with Crippen molar-refractivity contribution in [3.05, 3.63) is 28.4 Å². The van der Waals surface area contributed by atoms with E-state index in [1.54, 1.807) is 12.3 Å². The van der Waals surface area contributed by atoms with E-state index in [0.717, 1.165) is 13.0 Å². The summed E-state index contributed by atoms with van der Waals surface area (Å²) in [6.07, 6.45) is 2.53. The number of rotatable bonds is 4. The molecule has 0 radical (unpaired) electrons. The summed E-state index contributed by atoms with van der Waals surface area (Å²) in [5, 5.41) is 13.9. The number of ether oxygens (including phenoxy) is 1. The number of nitrogens with one attached hydrogen (secondary N) is 1. The van der Waals surface area contributed by atoms with Crippen LogP contribution < -0.4 is 5.32 Å². The van der Waals surface area contributed by atoms with Gasteiger partial charge in [-0.15, -0.1) is 0 Å². The molecule has 92 valence electrons. The van der Waals surface area contributed by atoms with Gasteiger partial charge in [0.1, 0.15) is 0 Å². The summed E-state index contributed by atoms with van der Waals surface area (Å²) >= 11 is 0. The van der Waals surface area contributed by atoms with Crippen LogP contribution >= 0.6 is 0 Å². The molecule has 2 heterocycles. The van der Waals surface area contributed by atoms with E-state index < -0.39 is 4.92 Å². The van der Waals surface area contributed by atoms with Crippen LogP contribution in [0.25, 0.3) is 0 Å². The zero-order valence-corrected chi connectivity index (χ0v) is 9.63. The van der Waals surface area contributed by atoms with Crippen molar-refractivity contribution in [2.75, 3.05) is 18.5 Å². The summed E-state index contributed by atoms with van der Waals surface area (Å²) in [7, 11) is 0. The van der Waals surface area contributed by atoms with Crippen LogP contribution in [0, 0.1) is 16.0 Å². The molecule has 1 saturated heterocycles. The van der Waals surface area contributed by atoms with E-state index in [1.807, 2.05) is 6.92 Å². The highest BCUT2D eigenvalue weighted by Crippen LogP contribution is 2.24. The SMILES string of the molecule is CC(Nc1ncccc1[N+](=O)[O-])C1CCOC1. The van der Waals surface area contributed by atoms with Crippen LogP contribution in [-0.2, 0) is 4.74 Å². The topological polar surface area (TPSA) is 77.3 Å². The molecule has 0 aromatic carbocycles. The van der Waals surface area contributed by atoms with Gasteiger partial charge in [0.15, 0.2) is 0 Å². The summed E-state index contributed by atoms with van der Waals surface area (Å²) in [6, 6.07) is 3.13. The van der Waals surface area contributed by atoms with Gasteiger partial charge in [-0.2, -0.15) is 0 Å². The van der Waals surface area contributed by atoms with Crippen LogP contribution in [0.15, 0.2) is 18.3 Å². The molecule has 1 aliphatic heterocycles. The van der Waals surface area contributed by atoms with Gasteiger partial charge in [0.05, 0.1) is 11.5 Å². The number of hydrogen-bond acceptors (Lipinski definition) is 5. The number of pyridine rings is 1. The second-order valence-corrected chi connectivity index (χ2v) is 4.18. The molecule has 1 fully saturated rings. The van der Waals surface area contributed by atoms with E-state index >= 15 is 0 Å². The van der Waals surface area contributed by atoms with Gasteiger partial charge in [-0.05, 0) is 19.4 Å². The molecular weight excluding hydrogens is 222 g/mol. The minimum absolute atomic E-state index is 0.0123. The van der Waals surface area contributed by atoms with Gasteiger partial charge in [0.2, 0.25) is 5.82 Å². The summed E-state index contributed by atoms with van der Waals surface area (Å²) in [6.45, 7) is 3.47. The Morgan fingerprint density at radius 3 is 3.18 bits per heavy atom.